The number of hydrogen-bond donors (Lipinski definition) is 3. The van der Waals surface area contributed by atoms with Gasteiger partial charge in [0.2, 0.25) is 0 Å². The lowest BCUT2D eigenvalue weighted by Gasteiger charge is -2.20. The van der Waals surface area contributed by atoms with E-state index in [2.05, 4.69) is 5.32 Å². The summed E-state index contributed by atoms with van der Waals surface area (Å²) < 4.78 is 16.9. The number of hydroxylamine groups is 2. The number of aliphatic hydroxyl groups excluding tert-OH is 2. The second-order valence-electron chi connectivity index (χ2n) is 7.23. The van der Waals surface area contributed by atoms with Crippen molar-refractivity contribution < 1.29 is 34.1 Å². The molecule has 0 bridgehead atoms. The van der Waals surface area contributed by atoms with Crippen molar-refractivity contribution in [2.24, 2.45) is 0 Å². The SMILES string of the molecule is CNC(=O)c1cc(Cl)c(OCCO)cc1OC[C@H](O)CN1C[C@@H](Oc2ccc(Cl)cc2)CO1. The molecule has 2 aromatic rings. The summed E-state index contributed by atoms with van der Waals surface area (Å²) in [7, 11) is 1.48. The van der Waals surface area contributed by atoms with Gasteiger partial charge in [-0.2, -0.15) is 5.06 Å². The predicted molar refractivity (Wildman–Crippen MR) is 122 cm³/mol. The minimum atomic E-state index is -0.908. The van der Waals surface area contributed by atoms with Gasteiger partial charge in [0.05, 0.1) is 30.3 Å². The molecule has 0 unspecified atom stereocenters. The second kappa shape index (κ2) is 12.3. The highest BCUT2D eigenvalue weighted by molar-refractivity contribution is 6.32. The average molecular weight is 501 g/mol. The third-order valence-corrected chi connectivity index (χ3v) is 5.21. The van der Waals surface area contributed by atoms with Crippen LogP contribution in [0.1, 0.15) is 10.4 Å². The van der Waals surface area contributed by atoms with Gasteiger partial charge in [-0.05, 0) is 30.3 Å². The summed E-state index contributed by atoms with van der Waals surface area (Å²) in [4.78, 5) is 17.8. The summed E-state index contributed by atoms with van der Waals surface area (Å²) in [6.45, 7) is 0.724. The molecule has 9 nitrogen and oxygen atoms in total. The molecule has 0 saturated carbocycles. The largest absolute Gasteiger partial charge is 0.490 e. The molecule has 2 atom stereocenters. The van der Waals surface area contributed by atoms with Gasteiger partial charge in [-0.25, -0.2) is 0 Å². The molecule has 3 rings (SSSR count). The standard InChI is InChI=1S/C22H26Cl2N2O7/c1-25-22(29)18-8-19(24)21(30-7-6-27)9-20(18)31-12-15(28)10-26-11-17(13-32-26)33-16-4-2-14(23)3-5-16/h2-5,8-9,15,17,27-28H,6-7,10-13H2,1H3,(H,25,29)/t15-,17-/m1/s1. The van der Waals surface area contributed by atoms with E-state index in [1.807, 2.05) is 0 Å². The number of benzene rings is 2. The van der Waals surface area contributed by atoms with Crippen LogP contribution in [-0.4, -0.2) is 80.0 Å². The van der Waals surface area contributed by atoms with Crippen LogP contribution in [0.5, 0.6) is 17.2 Å². The van der Waals surface area contributed by atoms with Crippen LogP contribution in [0.25, 0.3) is 0 Å². The molecule has 1 saturated heterocycles. The Morgan fingerprint density at radius 1 is 1.24 bits per heavy atom. The zero-order chi connectivity index (χ0) is 23.8. The number of nitrogens with zero attached hydrogens (tertiary/aromatic N) is 1. The van der Waals surface area contributed by atoms with Gasteiger partial charge in [0.15, 0.2) is 0 Å². The van der Waals surface area contributed by atoms with Gasteiger partial charge < -0.3 is 29.7 Å². The first-order chi connectivity index (χ1) is 15.9. The van der Waals surface area contributed by atoms with Gasteiger partial charge in [-0.3, -0.25) is 9.63 Å². The van der Waals surface area contributed by atoms with Crippen LogP contribution in [0.3, 0.4) is 0 Å². The Kier molecular flexibility index (Phi) is 9.42. The first-order valence-corrected chi connectivity index (χ1v) is 11.1. The number of carbonyl (C=O) groups is 1. The Morgan fingerprint density at radius 2 is 2.00 bits per heavy atom. The number of hydrogen-bond acceptors (Lipinski definition) is 8. The lowest BCUT2D eigenvalue weighted by atomic mass is 10.1. The number of nitrogens with one attached hydrogen (secondary N) is 1. The third-order valence-electron chi connectivity index (χ3n) is 4.67. The molecule has 11 heteroatoms. The van der Waals surface area contributed by atoms with E-state index in [1.54, 1.807) is 29.3 Å². The van der Waals surface area contributed by atoms with Crippen molar-refractivity contribution in [1.82, 2.24) is 10.4 Å². The topological polar surface area (TPSA) is 110 Å². The summed E-state index contributed by atoms with van der Waals surface area (Å²) in [6, 6.07) is 9.92. The average Bonchev–Trinajstić information content (AvgIpc) is 3.24. The maximum Gasteiger partial charge on any atom is 0.254 e. The molecule has 0 spiro atoms. The van der Waals surface area contributed by atoms with Gasteiger partial charge in [0, 0.05) is 18.1 Å². The van der Waals surface area contributed by atoms with E-state index >= 15 is 0 Å². The Balaban J connectivity index is 1.54. The molecular formula is C22H26Cl2N2O7. The summed E-state index contributed by atoms with van der Waals surface area (Å²) in [5, 5.41) is 24.3. The van der Waals surface area contributed by atoms with Gasteiger partial charge in [-0.1, -0.05) is 23.2 Å². The number of halogens is 2. The highest BCUT2D eigenvalue weighted by atomic mass is 35.5. The minimum absolute atomic E-state index is 0.0344. The van der Waals surface area contributed by atoms with Gasteiger partial charge in [-0.15, -0.1) is 0 Å². The molecule has 3 N–H and O–H groups in total. The number of ether oxygens (including phenoxy) is 3. The van der Waals surface area contributed by atoms with E-state index < -0.39 is 12.0 Å². The summed E-state index contributed by atoms with van der Waals surface area (Å²) in [6.07, 6.45) is -1.10. The molecule has 0 aromatic heterocycles. The first kappa shape index (κ1) is 25.4. The summed E-state index contributed by atoms with van der Waals surface area (Å²) in [5.74, 6) is 0.729. The number of β-amino-alcohol motifs (C(OH)–C–C–N with tert-alkyl or cyclic N) is 1. The number of carbonyl (C=O) groups excluding carboxylic acids is 1. The summed E-state index contributed by atoms with van der Waals surface area (Å²) in [5.41, 5.74) is 0.194. The zero-order valence-electron chi connectivity index (χ0n) is 18.0. The van der Waals surface area contributed by atoms with E-state index in [-0.39, 0.29) is 54.6 Å². The fourth-order valence-electron chi connectivity index (χ4n) is 3.13. The van der Waals surface area contributed by atoms with Crippen LogP contribution in [0.4, 0.5) is 0 Å². The fourth-order valence-corrected chi connectivity index (χ4v) is 3.48. The highest BCUT2D eigenvalue weighted by Crippen LogP contribution is 2.33. The minimum Gasteiger partial charge on any atom is -0.490 e. The highest BCUT2D eigenvalue weighted by Gasteiger charge is 2.27. The molecule has 33 heavy (non-hydrogen) atoms. The lowest BCUT2D eigenvalue weighted by Crippen LogP contribution is -2.35. The lowest BCUT2D eigenvalue weighted by molar-refractivity contribution is -0.131. The molecule has 0 aliphatic carbocycles. The van der Waals surface area contributed by atoms with Crippen LogP contribution in [-0.2, 0) is 4.84 Å². The molecule has 1 heterocycles. The van der Waals surface area contributed by atoms with Gasteiger partial charge >= 0.3 is 0 Å². The molecule has 1 amide bonds. The smallest absolute Gasteiger partial charge is 0.254 e. The van der Waals surface area contributed by atoms with Crippen molar-refractivity contribution in [2.45, 2.75) is 12.2 Å². The van der Waals surface area contributed by atoms with E-state index in [0.29, 0.717) is 23.9 Å². The number of amides is 1. The quantitative estimate of drug-likeness (QED) is 0.430. The van der Waals surface area contributed by atoms with Crippen LogP contribution < -0.4 is 19.5 Å². The second-order valence-corrected chi connectivity index (χ2v) is 8.07. The maximum absolute atomic E-state index is 12.2. The zero-order valence-corrected chi connectivity index (χ0v) is 19.5. The van der Waals surface area contributed by atoms with E-state index in [0.717, 1.165) is 0 Å². The van der Waals surface area contributed by atoms with Crippen LogP contribution in [0.2, 0.25) is 10.0 Å². The van der Waals surface area contributed by atoms with Crippen LogP contribution in [0.15, 0.2) is 36.4 Å². The van der Waals surface area contributed by atoms with Crippen LogP contribution >= 0.6 is 23.2 Å². The van der Waals surface area contributed by atoms with Gasteiger partial charge in [0.1, 0.15) is 49.3 Å². The van der Waals surface area contributed by atoms with E-state index in [1.165, 1.54) is 19.2 Å². The predicted octanol–water partition coefficient (Wildman–Crippen LogP) is 2.16. The van der Waals surface area contributed by atoms with E-state index in [4.69, 9.17) is 47.4 Å². The van der Waals surface area contributed by atoms with E-state index in [9.17, 15) is 9.90 Å². The van der Waals surface area contributed by atoms with Crippen molar-refractivity contribution in [3.05, 3.63) is 52.0 Å². The number of rotatable bonds is 11. The van der Waals surface area contributed by atoms with Crippen molar-refractivity contribution >= 4 is 29.1 Å². The Hall–Kier alpha value is -2.27. The molecule has 2 aromatic carbocycles. The summed E-state index contributed by atoms with van der Waals surface area (Å²) >= 11 is 12.0. The van der Waals surface area contributed by atoms with Crippen molar-refractivity contribution in [2.75, 3.05) is 46.6 Å². The molecular weight excluding hydrogens is 475 g/mol. The van der Waals surface area contributed by atoms with Gasteiger partial charge in [0.25, 0.3) is 5.91 Å². The molecule has 1 aliphatic rings. The van der Waals surface area contributed by atoms with Crippen molar-refractivity contribution in [1.29, 1.82) is 0 Å². The third kappa shape index (κ3) is 7.36. The molecule has 180 valence electrons. The number of aliphatic hydroxyl groups is 2. The Labute approximate surface area is 201 Å². The fraction of sp³-hybridized carbons (Fsp3) is 0.409. The normalized spacial score (nSPS) is 16.9. The monoisotopic (exact) mass is 500 g/mol. The van der Waals surface area contributed by atoms with Crippen LogP contribution in [0, 0.1) is 0 Å². The Bertz CT molecular complexity index is 930. The van der Waals surface area contributed by atoms with Crippen molar-refractivity contribution in [3.63, 3.8) is 0 Å². The maximum atomic E-state index is 12.2. The van der Waals surface area contributed by atoms with Crippen molar-refractivity contribution in [3.8, 4) is 17.2 Å². The first-order valence-electron chi connectivity index (χ1n) is 10.3. The Morgan fingerprint density at radius 3 is 2.70 bits per heavy atom. The molecule has 1 aliphatic heterocycles. The molecule has 1 fully saturated rings. The molecule has 0 radical (unpaired) electrons.